The van der Waals surface area contributed by atoms with Gasteiger partial charge in [-0.3, -0.25) is 9.97 Å². The number of fused-ring (bicyclic) bond motifs is 3. The maximum absolute atomic E-state index is 4.87. The molecule has 1 N–H and O–H groups in total. The molecule has 3 heterocycles. The van der Waals surface area contributed by atoms with Crippen molar-refractivity contribution in [3.63, 3.8) is 0 Å². The Labute approximate surface area is 281 Å². The van der Waals surface area contributed by atoms with E-state index >= 15 is 0 Å². The van der Waals surface area contributed by atoms with Crippen LogP contribution in [0.2, 0.25) is 0 Å². The number of benzene rings is 3. The Kier molecular flexibility index (Phi) is 7.78. The molecule has 3 aromatic heterocycles. The van der Waals surface area contributed by atoms with E-state index in [1.54, 1.807) is 0 Å². The molecule has 0 aliphatic heterocycles. The number of pyridine rings is 2. The number of rotatable bonds is 3. The van der Waals surface area contributed by atoms with E-state index in [0.717, 1.165) is 28.0 Å². The maximum Gasteiger partial charge on any atom is 0.0723 e. The predicted molar refractivity (Wildman–Crippen MR) is 203 cm³/mol. The van der Waals surface area contributed by atoms with E-state index in [0.29, 0.717) is 0 Å². The van der Waals surface area contributed by atoms with Crippen LogP contribution >= 0.6 is 0 Å². The minimum absolute atomic E-state index is 0.0223. The van der Waals surface area contributed by atoms with Gasteiger partial charge in [0.25, 0.3) is 0 Å². The van der Waals surface area contributed by atoms with Crippen LogP contribution in [0.1, 0.15) is 105 Å². The number of H-pyrrole nitrogens is 1. The van der Waals surface area contributed by atoms with E-state index in [-0.39, 0.29) is 21.7 Å². The minimum Gasteiger partial charge on any atom is -0.353 e. The van der Waals surface area contributed by atoms with Gasteiger partial charge in [0.2, 0.25) is 0 Å². The molecule has 0 fully saturated rings. The van der Waals surface area contributed by atoms with Crippen LogP contribution in [0.5, 0.6) is 0 Å². The molecule has 0 radical (unpaired) electrons. The van der Waals surface area contributed by atoms with Gasteiger partial charge in [0.1, 0.15) is 0 Å². The molecule has 6 aromatic rings. The average molecular weight is 622 g/mol. The molecule has 0 amide bonds. The van der Waals surface area contributed by atoms with E-state index in [1.165, 1.54) is 49.7 Å². The Morgan fingerprint density at radius 3 is 1.32 bits per heavy atom. The highest BCUT2D eigenvalue weighted by Crippen LogP contribution is 2.47. The summed E-state index contributed by atoms with van der Waals surface area (Å²) < 4.78 is 0. The summed E-state index contributed by atoms with van der Waals surface area (Å²) in [5.41, 5.74) is 14.2. The van der Waals surface area contributed by atoms with Gasteiger partial charge in [-0.05, 0) is 104 Å². The van der Waals surface area contributed by atoms with Crippen molar-refractivity contribution >= 4 is 21.8 Å². The van der Waals surface area contributed by atoms with E-state index < -0.39 is 0 Å². The summed E-state index contributed by atoms with van der Waals surface area (Å²) >= 11 is 0. The molecule has 0 aliphatic rings. The van der Waals surface area contributed by atoms with Crippen LogP contribution < -0.4 is 0 Å². The van der Waals surface area contributed by atoms with Gasteiger partial charge in [-0.25, -0.2) is 0 Å². The second-order valence-corrected chi connectivity index (χ2v) is 17.4. The largest absolute Gasteiger partial charge is 0.353 e. The molecule has 3 heteroatoms. The Hall–Kier alpha value is -4.24. The molecule has 3 aromatic carbocycles. The number of aromatic nitrogens is 3. The van der Waals surface area contributed by atoms with E-state index in [9.17, 15) is 0 Å². The Morgan fingerprint density at radius 2 is 0.872 bits per heavy atom. The summed E-state index contributed by atoms with van der Waals surface area (Å²) in [5.74, 6) is 0. The molecule has 0 bridgehead atoms. The Morgan fingerprint density at radius 1 is 0.426 bits per heavy atom. The SMILES string of the molecule is CC(C)(C)c1cc(-c2ccccn2)c2[nH]c3c(-c4cc(-c5ccccn5)c(C(C)(C)C)cc4C(C)(C)C)cc(C(C)(C)C)cc3c2c1. The lowest BCUT2D eigenvalue weighted by Crippen LogP contribution is -2.19. The van der Waals surface area contributed by atoms with Crippen molar-refractivity contribution in [1.82, 2.24) is 15.0 Å². The fraction of sp³-hybridized carbons (Fsp3) is 0.364. The zero-order chi connectivity index (χ0) is 34.1. The highest BCUT2D eigenvalue weighted by molar-refractivity contribution is 6.16. The van der Waals surface area contributed by atoms with Crippen LogP contribution in [0.3, 0.4) is 0 Å². The maximum atomic E-state index is 4.87. The summed E-state index contributed by atoms with van der Waals surface area (Å²) in [5, 5.41) is 2.50. The van der Waals surface area contributed by atoms with Gasteiger partial charge in [-0.15, -0.1) is 0 Å². The summed E-state index contributed by atoms with van der Waals surface area (Å²) in [6.45, 7) is 27.8. The molecular formula is C44H51N3. The summed E-state index contributed by atoms with van der Waals surface area (Å²) in [6, 6.07) is 26.9. The Balaban J connectivity index is 1.81. The van der Waals surface area contributed by atoms with Gasteiger partial charge in [0.15, 0.2) is 0 Å². The molecule has 0 aliphatic carbocycles. The third kappa shape index (κ3) is 6.13. The van der Waals surface area contributed by atoms with E-state index in [4.69, 9.17) is 9.97 Å². The highest BCUT2D eigenvalue weighted by atomic mass is 14.7. The predicted octanol–water partition coefficient (Wildman–Crippen LogP) is 12.3. The van der Waals surface area contributed by atoms with Crippen molar-refractivity contribution in [2.24, 2.45) is 0 Å². The molecule has 6 rings (SSSR count). The van der Waals surface area contributed by atoms with Crippen molar-refractivity contribution < 1.29 is 0 Å². The monoisotopic (exact) mass is 621 g/mol. The van der Waals surface area contributed by atoms with Crippen molar-refractivity contribution in [1.29, 1.82) is 0 Å². The molecule has 242 valence electrons. The van der Waals surface area contributed by atoms with Crippen LogP contribution in [0.25, 0.3) is 55.4 Å². The van der Waals surface area contributed by atoms with Gasteiger partial charge < -0.3 is 4.98 Å². The molecule has 0 atom stereocenters. The summed E-state index contributed by atoms with van der Waals surface area (Å²) in [4.78, 5) is 13.7. The van der Waals surface area contributed by atoms with Crippen LogP contribution in [0.4, 0.5) is 0 Å². The van der Waals surface area contributed by atoms with Gasteiger partial charge >= 0.3 is 0 Å². The number of hydrogen-bond acceptors (Lipinski definition) is 2. The average Bonchev–Trinajstić information content (AvgIpc) is 3.37. The van der Waals surface area contributed by atoms with Crippen molar-refractivity contribution in [3.8, 4) is 33.6 Å². The quantitative estimate of drug-likeness (QED) is 0.214. The smallest absolute Gasteiger partial charge is 0.0723 e. The standard InChI is InChI=1S/C44H51N3/c1-41(2,3)27-21-30(29-25-33(37-17-13-15-19-45-37)36(44(10,11)12)26-35(29)43(7,8)9)39-31(22-27)32-23-28(42(4,5)6)24-34(40(32)47-39)38-18-14-16-20-46-38/h13-26,47H,1-12H3. The first-order valence-electron chi connectivity index (χ1n) is 17.0. The van der Waals surface area contributed by atoms with Gasteiger partial charge in [-0.1, -0.05) is 101 Å². The van der Waals surface area contributed by atoms with Crippen LogP contribution in [-0.2, 0) is 21.7 Å². The number of aromatic amines is 1. The second-order valence-electron chi connectivity index (χ2n) is 17.4. The fourth-order valence-corrected chi connectivity index (χ4v) is 6.70. The van der Waals surface area contributed by atoms with E-state index in [1.807, 2.05) is 24.5 Å². The Bertz CT molecular complexity index is 2090. The first kappa shape index (κ1) is 32.7. The van der Waals surface area contributed by atoms with Crippen molar-refractivity contribution in [2.75, 3.05) is 0 Å². The molecule has 0 saturated carbocycles. The summed E-state index contributed by atoms with van der Waals surface area (Å²) in [7, 11) is 0. The summed E-state index contributed by atoms with van der Waals surface area (Å²) in [6.07, 6.45) is 3.80. The number of nitrogens with one attached hydrogen (secondary N) is 1. The van der Waals surface area contributed by atoms with Gasteiger partial charge in [0, 0.05) is 39.9 Å². The molecule has 3 nitrogen and oxygen atoms in total. The molecule has 0 unspecified atom stereocenters. The normalized spacial score (nSPS) is 13.1. The number of hydrogen-bond donors (Lipinski definition) is 1. The highest BCUT2D eigenvalue weighted by Gasteiger charge is 2.29. The first-order chi connectivity index (χ1) is 21.8. The van der Waals surface area contributed by atoms with Gasteiger partial charge in [-0.2, -0.15) is 0 Å². The number of nitrogens with zero attached hydrogens (tertiary/aromatic N) is 2. The van der Waals surface area contributed by atoms with Crippen LogP contribution in [-0.4, -0.2) is 15.0 Å². The molecule has 0 saturated heterocycles. The van der Waals surface area contributed by atoms with Crippen molar-refractivity contribution in [2.45, 2.75) is 105 Å². The van der Waals surface area contributed by atoms with Crippen molar-refractivity contribution in [3.05, 3.63) is 107 Å². The van der Waals surface area contributed by atoms with Crippen LogP contribution in [0.15, 0.2) is 85.2 Å². The third-order valence-electron chi connectivity index (χ3n) is 9.49. The zero-order valence-corrected chi connectivity index (χ0v) is 30.5. The molecule has 47 heavy (non-hydrogen) atoms. The zero-order valence-electron chi connectivity index (χ0n) is 30.5. The second kappa shape index (κ2) is 11.2. The first-order valence-corrected chi connectivity index (χ1v) is 17.0. The van der Waals surface area contributed by atoms with Crippen LogP contribution in [0, 0.1) is 0 Å². The lowest BCUT2D eigenvalue weighted by molar-refractivity contribution is 0.570. The van der Waals surface area contributed by atoms with Gasteiger partial charge in [0.05, 0.1) is 22.4 Å². The topological polar surface area (TPSA) is 41.6 Å². The molecule has 0 spiro atoms. The fourth-order valence-electron chi connectivity index (χ4n) is 6.70. The van der Waals surface area contributed by atoms with E-state index in [2.05, 4.69) is 149 Å². The molecular weight excluding hydrogens is 571 g/mol. The lowest BCUT2D eigenvalue weighted by atomic mass is 9.74. The lowest BCUT2D eigenvalue weighted by Gasteiger charge is -2.31. The minimum atomic E-state index is -0.0907. The third-order valence-corrected chi connectivity index (χ3v) is 9.49.